The SMILES string of the molecule is O=C(CC1CCCC1)N1CCC(Oc2cccnn2)CC1. The summed E-state index contributed by atoms with van der Waals surface area (Å²) in [4.78, 5) is 14.3. The molecule has 2 aliphatic rings. The third kappa shape index (κ3) is 3.93. The first-order valence-electron chi connectivity index (χ1n) is 8.03. The number of likely N-dealkylation sites (tertiary alicyclic amines) is 1. The Morgan fingerprint density at radius 3 is 2.67 bits per heavy atom. The highest BCUT2D eigenvalue weighted by atomic mass is 16.5. The number of nitrogens with zero attached hydrogens (tertiary/aromatic N) is 3. The molecule has 5 nitrogen and oxygen atoms in total. The molecular weight excluding hydrogens is 266 g/mol. The molecule has 1 amide bonds. The van der Waals surface area contributed by atoms with Crippen molar-refractivity contribution in [3.63, 3.8) is 0 Å². The van der Waals surface area contributed by atoms with Gasteiger partial charge in [0.05, 0.1) is 0 Å². The van der Waals surface area contributed by atoms with Crippen molar-refractivity contribution < 1.29 is 9.53 Å². The fourth-order valence-corrected chi connectivity index (χ4v) is 3.33. The second-order valence-electron chi connectivity index (χ2n) is 6.11. The summed E-state index contributed by atoms with van der Waals surface area (Å²) in [5, 5.41) is 7.75. The molecule has 1 aromatic heterocycles. The summed E-state index contributed by atoms with van der Waals surface area (Å²) in [6, 6.07) is 3.65. The number of amides is 1. The molecule has 1 aliphatic heterocycles. The van der Waals surface area contributed by atoms with Gasteiger partial charge in [0, 0.05) is 44.6 Å². The van der Waals surface area contributed by atoms with Crippen LogP contribution in [0.15, 0.2) is 18.3 Å². The minimum Gasteiger partial charge on any atom is -0.473 e. The lowest BCUT2D eigenvalue weighted by Gasteiger charge is -2.32. The van der Waals surface area contributed by atoms with E-state index in [1.165, 1.54) is 25.7 Å². The van der Waals surface area contributed by atoms with Gasteiger partial charge in [-0.15, -0.1) is 5.10 Å². The Morgan fingerprint density at radius 2 is 2.00 bits per heavy atom. The lowest BCUT2D eigenvalue weighted by molar-refractivity contribution is -0.134. The van der Waals surface area contributed by atoms with E-state index in [0.717, 1.165) is 32.4 Å². The summed E-state index contributed by atoms with van der Waals surface area (Å²) >= 11 is 0. The number of rotatable bonds is 4. The van der Waals surface area contributed by atoms with Crippen molar-refractivity contribution in [3.05, 3.63) is 18.3 Å². The molecule has 1 aromatic rings. The maximum atomic E-state index is 12.3. The topological polar surface area (TPSA) is 55.3 Å². The molecule has 1 saturated heterocycles. The molecule has 5 heteroatoms. The Morgan fingerprint density at radius 1 is 1.24 bits per heavy atom. The zero-order chi connectivity index (χ0) is 14.5. The van der Waals surface area contributed by atoms with Crippen LogP contribution in [-0.2, 0) is 4.79 Å². The Labute approximate surface area is 125 Å². The standard InChI is InChI=1S/C16H23N3O2/c20-16(12-13-4-1-2-5-13)19-10-7-14(8-11-19)21-15-6-3-9-17-18-15/h3,6,9,13-14H,1-2,4-5,7-8,10-12H2. The molecule has 114 valence electrons. The van der Waals surface area contributed by atoms with E-state index >= 15 is 0 Å². The van der Waals surface area contributed by atoms with Crippen LogP contribution in [-0.4, -0.2) is 40.2 Å². The maximum absolute atomic E-state index is 12.3. The summed E-state index contributed by atoms with van der Waals surface area (Å²) in [7, 11) is 0. The summed E-state index contributed by atoms with van der Waals surface area (Å²) < 4.78 is 5.81. The zero-order valence-electron chi connectivity index (χ0n) is 12.4. The Kier molecular flexibility index (Phi) is 4.68. The monoisotopic (exact) mass is 289 g/mol. The average Bonchev–Trinajstić information content (AvgIpc) is 3.02. The smallest absolute Gasteiger partial charge is 0.233 e. The van der Waals surface area contributed by atoms with Gasteiger partial charge in [0.1, 0.15) is 6.10 Å². The van der Waals surface area contributed by atoms with Gasteiger partial charge in [-0.2, -0.15) is 5.10 Å². The molecule has 0 aromatic carbocycles. The first-order valence-corrected chi connectivity index (χ1v) is 8.03. The van der Waals surface area contributed by atoms with Gasteiger partial charge in [-0.05, 0) is 24.8 Å². The molecule has 3 rings (SSSR count). The summed E-state index contributed by atoms with van der Waals surface area (Å²) in [6.07, 6.45) is 9.36. The number of piperidine rings is 1. The minimum atomic E-state index is 0.150. The normalized spacial score (nSPS) is 20.7. The quantitative estimate of drug-likeness (QED) is 0.854. The fourth-order valence-electron chi connectivity index (χ4n) is 3.33. The molecule has 0 radical (unpaired) electrons. The second kappa shape index (κ2) is 6.87. The van der Waals surface area contributed by atoms with Gasteiger partial charge in [-0.1, -0.05) is 12.8 Å². The van der Waals surface area contributed by atoms with Crippen LogP contribution in [0.3, 0.4) is 0 Å². The summed E-state index contributed by atoms with van der Waals surface area (Å²) in [5.41, 5.74) is 0. The number of aromatic nitrogens is 2. The van der Waals surface area contributed by atoms with Crippen LogP contribution in [0.2, 0.25) is 0 Å². The molecule has 1 aliphatic carbocycles. The zero-order valence-corrected chi connectivity index (χ0v) is 12.4. The van der Waals surface area contributed by atoms with Crippen molar-refractivity contribution in [1.29, 1.82) is 0 Å². The van der Waals surface area contributed by atoms with E-state index in [4.69, 9.17) is 4.74 Å². The molecule has 2 fully saturated rings. The number of ether oxygens (including phenoxy) is 1. The summed E-state index contributed by atoms with van der Waals surface area (Å²) in [6.45, 7) is 1.60. The van der Waals surface area contributed by atoms with Crippen LogP contribution >= 0.6 is 0 Å². The third-order valence-electron chi connectivity index (χ3n) is 4.57. The van der Waals surface area contributed by atoms with Gasteiger partial charge in [0.15, 0.2) is 0 Å². The molecule has 0 bridgehead atoms. The van der Waals surface area contributed by atoms with E-state index in [0.29, 0.717) is 17.7 Å². The third-order valence-corrected chi connectivity index (χ3v) is 4.57. The van der Waals surface area contributed by atoms with Crippen molar-refractivity contribution in [2.75, 3.05) is 13.1 Å². The molecular formula is C16H23N3O2. The van der Waals surface area contributed by atoms with Crippen LogP contribution < -0.4 is 4.74 Å². The van der Waals surface area contributed by atoms with Crippen molar-refractivity contribution in [2.24, 2.45) is 5.92 Å². The minimum absolute atomic E-state index is 0.150. The Balaban J connectivity index is 1.43. The van der Waals surface area contributed by atoms with E-state index < -0.39 is 0 Å². The second-order valence-corrected chi connectivity index (χ2v) is 6.11. The van der Waals surface area contributed by atoms with Crippen LogP contribution in [0.4, 0.5) is 0 Å². The highest BCUT2D eigenvalue weighted by Gasteiger charge is 2.26. The predicted molar refractivity (Wildman–Crippen MR) is 78.8 cm³/mol. The number of carbonyl (C=O) groups excluding carboxylic acids is 1. The highest BCUT2D eigenvalue weighted by molar-refractivity contribution is 5.76. The van der Waals surface area contributed by atoms with E-state index in [1.54, 1.807) is 6.20 Å². The van der Waals surface area contributed by atoms with Crippen molar-refractivity contribution in [1.82, 2.24) is 15.1 Å². The molecule has 0 atom stereocenters. The van der Waals surface area contributed by atoms with Gasteiger partial charge >= 0.3 is 0 Å². The molecule has 1 saturated carbocycles. The summed E-state index contributed by atoms with van der Waals surface area (Å²) in [5.74, 6) is 1.54. The van der Waals surface area contributed by atoms with Crippen molar-refractivity contribution >= 4 is 5.91 Å². The van der Waals surface area contributed by atoms with E-state index in [2.05, 4.69) is 10.2 Å². The molecule has 0 spiro atoms. The predicted octanol–water partition coefficient (Wildman–Crippen LogP) is 2.43. The Hall–Kier alpha value is -1.65. The number of hydrogen-bond acceptors (Lipinski definition) is 4. The lowest BCUT2D eigenvalue weighted by Crippen LogP contribution is -2.42. The molecule has 2 heterocycles. The first-order chi connectivity index (χ1) is 10.3. The van der Waals surface area contributed by atoms with E-state index in [1.807, 2.05) is 17.0 Å². The number of carbonyl (C=O) groups is 1. The number of hydrogen-bond donors (Lipinski definition) is 0. The van der Waals surface area contributed by atoms with Crippen LogP contribution in [0.5, 0.6) is 5.88 Å². The van der Waals surface area contributed by atoms with Gasteiger partial charge in [-0.25, -0.2) is 0 Å². The van der Waals surface area contributed by atoms with Crippen molar-refractivity contribution in [2.45, 2.75) is 51.0 Å². The average molecular weight is 289 g/mol. The first kappa shape index (κ1) is 14.3. The van der Waals surface area contributed by atoms with Gasteiger partial charge in [0.2, 0.25) is 11.8 Å². The van der Waals surface area contributed by atoms with Crippen LogP contribution in [0.25, 0.3) is 0 Å². The largest absolute Gasteiger partial charge is 0.473 e. The lowest BCUT2D eigenvalue weighted by atomic mass is 10.0. The van der Waals surface area contributed by atoms with Gasteiger partial charge in [-0.3, -0.25) is 4.79 Å². The molecule has 21 heavy (non-hydrogen) atoms. The fraction of sp³-hybridized carbons (Fsp3) is 0.688. The van der Waals surface area contributed by atoms with E-state index in [-0.39, 0.29) is 6.10 Å². The highest BCUT2D eigenvalue weighted by Crippen LogP contribution is 2.28. The maximum Gasteiger partial charge on any atom is 0.233 e. The van der Waals surface area contributed by atoms with Gasteiger partial charge in [0.25, 0.3) is 0 Å². The van der Waals surface area contributed by atoms with E-state index in [9.17, 15) is 4.79 Å². The molecule has 0 unspecified atom stereocenters. The van der Waals surface area contributed by atoms with Crippen LogP contribution in [0.1, 0.15) is 44.9 Å². The van der Waals surface area contributed by atoms with Crippen molar-refractivity contribution in [3.8, 4) is 5.88 Å². The van der Waals surface area contributed by atoms with Gasteiger partial charge < -0.3 is 9.64 Å². The van der Waals surface area contributed by atoms with Crippen LogP contribution in [0, 0.1) is 5.92 Å². The molecule has 0 N–H and O–H groups in total. The Bertz CT molecular complexity index is 452.